The standard InChI is InChI=1S/C19H15ClN2O6S/c1-27-16-6-8-19(9-7-16)29(25,26)21-14-10-15(22(23)24)12-18(11-14)28-17-4-2-13(20)3-5-17/h2-12,21H,1H3. The highest BCUT2D eigenvalue weighted by molar-refractivity contribution is 7.92. The summed E-state index contributed by atoms with van der Waals surface area (Å²) >= 11 is 5.83. The van der Waals surface area contributed by atoms with E-state index in [4.69, 9.17) is 21.1 Å². The Balaban J connectivity index is 1.91. The van der Waals surface area contributed by atoms with Gasteiger partial charge < -0.3 is 9.47 Å². The minimum absolute atomic E-state index is 0.0148. The van der Waals surface area contributed by atoms with Gasteiger partial charge in [-0.15, -0.1) is 0 Å². The maximum Gasteiger partial charge on any atom is 0.275 e. The van der Waals surface area contributed by atoms with Gasteiger partial charge in [-0.2, -0.15) is 0 Å². The molecular weight excluding hydrogens is 420 g/mol. The van der Waals surface area contributed by atoms with Crippen molar-refractivity contribution in [3.05, 3.63) is 81.9 Å². The number of methoxy groups -OCH3 is 1. The Morgan fingerprint density at radius 2 is 1.55 bits per heavy atom. The van der Waals surface area contributed by atoms with E-state index in [2.05, 4.69) is 4.72 Å². The first kappa shape index (κ1) is 20.4. The molecule has 0 amide bonds. The van der Waals surface area contributed by atoms with Gasteiger partial charge in [0.05, 0.1) is 28.7 Å². The maximum absolute atomic E-state index is 12.6. The molecule has 0 aliphatic heterocycles. The van der Waals surface area contributed by atoms with Crippen LogP contribution in [-0.4, -0.2) is 20.5 Å². The SMILES string of the molecule is COc1ccc(S(=O)(=O)Nc2cc(Oc3ccc(Cl)cc3)cc([N+](=O)[O-])c2)cc1. The Kier molecular flexibility index (Phi) is 5.90. The molecule has 0 aromatic heterocycles. The lowest BCUT2D eigenvalue weighted by molar-refractivity contribution is -0.384. The van der Waals surface area contributed by atoms with Crippen LogP contribution in [0.15, 0.2) is 71.6 Å². The van der Waals surface area contributed by atoms with Crippen LogP contribution in [0.4, 0.5) is 11.4 Å². The molecule has 3 aromatic rings. The predicted octanol–water partition coefficient (Wildman–Crippen LogP) is 4.85. The highest BCUT2D eigenvalue weighted by atomic mass is 35.5. The van der Waals surface area contributed by atoms with Gasteiger partial charge in [-0.3, -0.25) is 14.8 Å². The summed E-state index contributed by atoms with van der Waals surface area (Å²) in [5, 5.41) is 11.8. The molecule has 0 atom stereocenters. The van der Waals surface area contributed by atoms with E-state index < -0.39 is 14.9 Å². The van der Waals surface area contributed by atoms with Crippen molar-refractivity contribution >= 4 is 33.0 Å². The van der Waals surface area contributed by atoms with Crippen LogP contribution in [0, 0.1) is 10.1 Å². The summed E-state index contributed by atoms with van der Waals surface area (Å²) in [4.78, 5) is 10.6. The van der Waals surface area contributed by atoms with Crippen LogP contribution in [0.1, 0.15) is 0 Å². The van der Waals surface area contributed by atoms with Gasteiger partial charge in [0.25, 0.3) is 15.7 Å². The number of nitro benzene ring substituents is 1. The Labute approximate surface area is 171 Å². The van der Waals surface area contributed by atoms with Crippen LogP contribution in [0.25, 0.3) is 0 Å². The number of rotatable bonds is 7. The molecule has 10 heteroatoms. The van der Waals surface area contributed by atoms with Gasteiger partial charge in [-0.1, -0.05) is 11.6 Å². The predicted molar refractivity (Wildman–Crippen MR) is 108 cm³/mol. The van der Waals surface area contributed by atoms with Crippen molar-refractivity contribution in [2.24, 2.45) is 0 Å². The first-order valence-corrected chi connectivity index (χ1v) is 10.0. The summed E-state index contributed by atoms with van der Waals surface area (Å²) in [5.74, 6) is 0.978. The van der Waals surface area contributed by atoms with Gasteiger partial charge in [0.2, 0.25) is 0 Å². The lowest BCUT2D eigenvalue weighted by Crippen LogP contribution is -2.13. The lowest BCUT2D eigenvalue weighted by Gasteiger charge is -2.11. The number of nitrogens with zero attached hydrogens (tertiary/aromatic N) is 1. The molecule has 0 spiro atoms. The van der Waals surface area contributed by atoms with E-state index in [9.17, 15) is 18.5 Å². The zero-order chi connectivity index (χ0) is 21.0. The average molecular weight is 435 g/mol. The van der Waals surface area contributed by atoms with Crippen LogP contribution >= 0.6 is 11.6 Å². The number of nitrogens with one attached hydrogen (secondary N) is 1. The smallest absolute Gasteiger partial charge is 0.275 e. The third-order valence-electron chi connectivity index (χ3n) is 3.77. The second-order valence-electron chi connectivity index (χ2n) is 5.81. The van der Waals surface area contributed by atoms with E-state index in [1.54, 1.807) is 24.3 Å². The number of hydrogen-bond donors (Lipinski definition) is 1. The molecule has 0 aliphatic rings. The van der Waals surface area contributed by atoms with Gasteiger partial charge in [0.1, 0.15) is 17.2 Å². The van der Waals surface area contributed by atoms with Gasteiger partial charge >= 0.3 is 0 Å². The molecule has 0 saturated heterocycles. The minimum Gasteiger partial charge on any atom is -0.497 e. The molecule has 150 valence electrons. The number of hydrogen-bond acceptors (Lipinski definition) is 6. The van der Waals surface area contributed by atoms with Crippen LogP contribution in [0.5, 0.6) is 17.2 Å². The Bertz CT molecular complexity index is 1130. The van der Waals surface area contributed by atoms with E-state index in [1.807, 2.05) is 0 Å². The third kappa shape index (κ3) is 5.15. The largest absolute Gasteiger partial charge is 0.497 e. The molecule has 0 fully saturated rings. The second kappa shape index (κ2) is 8.38. The van der Waals surface area contributed by atoms with Crippen LogP contribution in [-0.2, 0) is 10.0 Å². The number of sulfonamides is 1. The van der Waals surface area contributed by atoms with Crippen LogP contribution in [0.2, 0.25) is 5.02 Å². The molecule has 0 saturated carbocycles. The number of nitro groups is 1. The first-order chi connectivity index (χ1) is 13.8. The van der Waals surface area contributed by atoms with Gasteiger partial charge in [-0.25, -0.2) is 8.42 Å². The molecule has 3 rings (SSSR count). The molecule has 8 nitrogen and oxygen atoms in total. The van der Waals surface area contributed by atoms with Crippen molar-refractivity contribution in [3.63, 3.8) is 0 Å². The molecule has 3 aromatic carbocycles. The highest BCUT2D eigenvalue weighted by Gasteiger charge is 2.18. The zero-order valence-electron chi connectivity index (χ0n) is 15.0. The Hall–Kier alpha value is -3.30. The summed E-state index contributed by atoms with van der Waals surface area (Å²) in [6.45, 7) is 0. The van der Waals surface area contributed by atoms with Crippen LogP contribution < -0.4 is 14.2 Å². The second-order valence-corrected chi connectivity index (χ2v) is 7.93. The summed E-state index contributed by atoms with van der Waals surface area (Å²) < 4.78 is 38.2. The van der Waals surface area contributed by atoms with E-state index in [1.165, 1.54) is 43.5 Å². The first-order valence-electron chi connectivity index (χ1n) is 8.16. The zero-order valence-corrected chi connectivity index (χ0v) is 16.6. The topological polar surface area (TPSA) is 108 Å². The van der Waals surface area contributed by atoms with Crippen LogP contribution in [0.3, 0.4) is 0 Å². The summed E-state index contributed by atoms with van der Waals surface area (Å²) in [6, 6.07) is 15.7. The Morgan fingerprint density at radius 3 is 2.14 bits per heavy atom. The average Bonchev–Trinajstić information content (AvgIpc) is 2.69. The van der Waals surface area contributed by atoms with Crippen molar-refractivity contribution in [2.45, 2.75) is 4.90 Å². The van der Waals surface area contributed by atoms with Crippen molar-refractivity contribution in [1.29, 1.82) is 0 Å². The van der Waals surface area contributed by atoms with E-state index in [-0.39, 0.29) is 22.0 Å². The van der Waals surface area contributed by atoms with E-state index in [0.717, 1.165) is 6.07 Å². The van der Waals surface area contributed by atoms with Crippen molar-refractivity contribution < 1.29 is 22.8 Å². The normalized spacial score (nSPS) is 11.0. The van der Waals surface area contributed by atoms with Crippen molar-refractivity contribution in [1.82, 2.24) is 0 Å². The summed E-state index contributed by atoms with van der Waals surface area (Å²) in [6.07, 6.45) is 0. The molecule has 0 bridgehead atoms. The molecule has 0 aliphatic carbocycles. The van der Waals surface area contributed by atoms with Crippen molar-refractivity contribution in [2.75, 3.05) is 11.8 Å². The fraction of sp³-hybridized carbons (Fsp3) is 0.0526. The number of anilines is 1. The Morgan fingerprint density at radius 1 is 0.931 bits per heavy atom. The van der Waals surface area contributed by atoms with E-state index >= 15 is 0 Å². The molecule has 29 heavy (non-hydrogen) atoms. The molecule has 0 unspecified atom stereocenters. The quantitative estimate of drug-likeness (QED) is 0.420. The molecule has 0 radical (unpaired) electrons. The molecule has 1 N–H and O–H groups in total. The third-order valence-corrected chi connectivity index (χ3v) is 5.42. The number of halogens is 1. The number of non-ortho nitro benzene ring substituents is 1. The van der Waals surface area contributed by atoms with Gasteiger partial charge in [-0.05, 0) is 48.5 Å². The maximum atomic E-state index is 12.6. The van der Waals surface area contributed by atoms with Gasteiger partial charge in [0, 0.05) is 17.2 Å². The summed E-state index contributed by atoms with van der Waals surface area (Å²) in [7, 11) is -2.51. The number of ether oxygens (including phenoxy) is 2. The summed E-state index contributed by atoms with van der Waals surface area (Å²) in [5.41, 5.74) is -0.345. The highest BCUT2D eigenvalue weighted by Crippen LogP contribution is 2.31. The minimum atomic E-state index is -3.98. The van der Waals surface area contributed by atoms with Crippen molar-refractivity contribution in [3.8, 4) is 17.2 Å². The fourth-order valence-corrected chi connectivity index (χ4v) is 3.58. The number of benzene rings is 3. The molecule has 0 heterocycles. The van der Waals surface area contributed by atoms with E-state index in [0.29, 0.717) is 16.5 Å². The van der Waals surface area contributed by atoms with Gasteiger partial charge in [0.15, 0.2) is 0 Å². The lowest BCUT2D eigenvalue weighted by atomic mass is 10.2. The molecular formula is C19H15ClN2O6S. The fourth-order valence-electron chi connectivity index (χ4n) is 2.41. The monoisotopic (exact) mass is 434 g/mol.